The number of nitrogens with zero attached hydrogens (tertiary/aromatic N) is 2. The summed E-state index contributed by atoms with van der Waals surface area (Å²) in [5.74, 6) is -3.92. The van der Waals surface area contributed by atoms with Crippen LogP contribution >= 0.6 is 0 Å². The van der Waals surface area contributed by atoms with E-state index in [1.54, 1.807) is 4.90 Å². The van der Waals surface area contributed by atoms with Crippen molar-refractivity contribution in [3.05, 3.63) is 29.6 Å². The van der Waals surface area contributed by atoms with Crippen LogP contribution in [0.3, 0.4) is 0 Å². The fraction of sp³-hybridized carbons (Fsp3) is 0.364. The quantitative estimate of drug-likeness (QED) is 0.773. The predicted octanol–water partition coefficient (Wildman–Crippen LogP) is 1.30. The monoisotopic (exact) mass is 259 g/mol. The van der Waals surface area contributed by atoms with Crippen molar-refractivity contribution in [3.8, 4) is 0 Å². The van der Waals surface area contributed by atoms with Crippen LogP contribution in [-0.4, -0.2) is 37.1 Å². The lowest BCUT2D eigenvalue weighted by atomic mass is 10.2. The van der Waals surface area contributed by atoms with E-state index in [4.69, 9.17) is 5.73 Å². The Morgan fingerprint density at radius 2 is 1.56 bits per heavy atom. The van der Waals surface area contributed by atoms with Crippen LogP contribution in [0.4, 0.5) is 23.7 Å². The minimum Gasteiger partial charge on any atom is -0.368 e. The standard InChI is InChI=1S/C11H12F3N3O/c12-8-5-7(6-9(13)10(8)14)16-1-3-17(4-2-16)11(15)18/h5-6H,1-4H2,(H2,15,18). The van der Waals surface area contributed by atoms with Gasteiger partial charge in [0.25, 0.3) is 0 Å². The molecule has 98 valence electrons. The van der Waals surface area contributed by atoms with Gasteiger partial charge in [-0.05, 0) is 0 Å². The lowest BCUT2D eigenvalue weighted by Crippen LogP contribution is -2.50. The molecule has 18 heavy (non-hydrogen) atoms. The van der Waals surface area contributed by atoms with Crippen LogP contribution in [0.25, 0.3) is 0 Å². The number of urea groups is 1. The summed E-state index contributed by atoms with van der Waals surface area (Å²) in [6, 6.07) is 1.36. The molecule has 1 fully saturated rings. The molecule has 0 atom stereocenters. The lowest BCUT2D eigenvalue weighted by molar-refractivity contribution is 0.204. The maximum Gasteiger partial charge on any atom is 0.314 e. The van der Waals surface area contributed by atoms with Crippen LogP contribution in [0, 0.1) is 17.5 Å². The molecule has 4 nitrogen and oxygen atoms in total. The minimum absolute atomic E-state index is 0.260. The Morgan fingerprint density at radius 1 is 1.06 bits per heavy atom. The molecule has 1 saturated heterocycles. The van der Waals surface area contributed by atoms with Crippen molar-refractivity contribution in [3.63, 3.8) is 0 Å². The van der Waals surface area contributed by atoms with Gasteiger partial charge in [0.1, 0.15) is 0 Å². The Labute approximate surface area is 102 Å². The van der Waals surface area contributed by atoms with E-state index in [9.17, 15) is 18.0 Å². The smallest absolute Gasteiger partial charge is 0.314 e. The van der Waals surface area contributed by atoms with E-state index in [2.05, 4.69) is 0 Å². The molecule has 2 rings (SSSR count). The van der Waals surface area contributed by atoms with E-state index in [1.807, 2.05) is 0 Å². The van der Waals surface area contributed by atoms with Crippen molar-refractivity contribution in [2.75, 3.05) is 31.1 Å². The summed E-state index contributed by atoms with van der Waals surface area (Å²) in [5.41, 5.74) is 5.38. The van der Waals surface area contributed by atoms with Crippen molar-refractivity contribution in [1.29, 1.82) is 0 Å². The molecule has 2 N–H and O–H groups in total. The van der Waals surface area contributed by atoms with Gasteiger partial charge in [-0.25, -0.2) is 18.0 Å². The van der Waals surface area contributed by atoms with Gasteiger partial charge in [-0.15, -0.1) is 0 Å². The topological polar surface area (TPSA) is 49.6 Å². The average Bonchev–Trinajstić information content (AvgIpc) is 2.35. The largest absolute Gasteiger partial charge is 0.368 e. The summed E-state index contributed by atoms with van der Waals surface area (Å²) in [7, 11) is 0. The van der Waals surface area contributed by atoms with Gasteiger partial charge < -0.3 is 15.5 Å². The number of hydrogen-bond donors (Lipinski definition) is 1. The molecular weight excluding hydrogens is 247 g/mol. The third kappa shape index (κ3) is 2.34. The van der Waals surface area contributed by atoms with Gasteiger partial charge >= 0.3 is 6.03 Å². The number of halogens is 3. The third-order valence-electron chi connectivity index (χ3n) is 2.93. The van der Waals surface area contributed by atoms with Crippen molar-refractivity contribution in [2.24, 2.45) is 5.73 Å². The van der Waals surface area contributed by atoms with Gasteiger partial charge in [0.15, 0.2) is 17.5 Å². The highest BCUT2D eigenvalue weighted by Crippen LogP contribution is 2.22. The van der Waals surface area contributed by atoms with Crippen LogP contribution in [-0.2, 0) is 0 Å². The first-order valence-corrected chi connectivity index (χ1v) is 5.43. The van der Waals surface area contributed by atoms with E-state index < -0.39 is 23.5 Å². The highest BCUT2D eigenvalue weighted by Gasteiger charge is 2.21. The number of nitrogens with two attached hydrogens (primary N) is 1. The van der Waals surface area contributed by atoms with Gasteiger partial charge in [-0.1, -0.05) is 0 Å². The maximum absolute atomic E-state index is 13.1. The summed E-state index contributed by atoms with van der Waals surface area (Å²) in [6.07, 6.45) is 0. The molecule has 1 aromatic rings. The van der Waals surface area contributed by atoms with Crippen molar-refractivity contribution >= 4 is 11.7 Å². The van der Waals surface area contributed by atoms with Crippen LogP contribution < -0.4 is 10.6 Å². The molecule has 0 spiro atoms. The van der Waals surface area contributed by atoms with Gasteiger partial charge in [0.05, 0.1) is 0 Å². The van der Waals surface area contributed by atoms with Gasteiger partial charge in [-0.3, -0.25) is 0 Å². The highest BCUT2D eigenvalue weighted by atomic mass is 19.2. The molecule has 0 radical (unpaired) electrons. The SMILES string of the molecule is NC(=O)N1CCN(c2cc(F)c(F)c(F)c2)CC1. The van der Waals surface area contributed by atoms with Crippen molar-refractivity contribution in [2.45, 2.75) is 0 Å². The number of anilines is 1. The number of benzene rings is 1. The third-order valence-corrected chi connectivity index (χ3v) is 2.93. The zero-order valence-corrected chi connectivity index (χ0v) is 9.50. The van der Waals surface area contributed by atoms with E-state index >= 15 is 0 Å². The lowest BCUT2D eigenvalue weighted by Gasteiger charge is -2.35. The molecule has 1 aliphatic heterocycles. The molecule has 0 bridgehead atoms. The van der Waals surface area contributed by atoms with Gasteiger partial charge in [0, 0.05) is 44.0 Å². The van der Waals surface area contributed by atoms with Crippen molar-refractivity contribution < 1.29 is 18.0 Å². The summed E-state index contributed by atoms with van der Waals surface area (Å²) in [4.78, 5) is 14.0. The summed E-state index contributed by atoms with van der Waals surface area (Å²) >= 11 is 0. The molecule has 0 saturated carbocycles. The Morgan fingerprint density at radius 3 is 2.00 bits per heavy atom. The van der Waals surface area contributed by atoms with Crippen LogP contribution in [0.5, 0.6) is 0 Å². The number of primary amides is 1. The second-order valence-electron chi connectivity index (χ2n) is 4.04. The predicted molar refractivity (Wildman–Crippen MR) is 59.7 cm³/mol. The van der Waals surface area contributed by atoms with E-state index in [0.29, 0.717) is 26.2 Å². The number of amides is 2. The van der Waals surface area contributed by atoms with Crippen LogP contribution in [0.15, 0.2) is 12.1 Å². The number of hydrogen-bond acceptors (Lipinski definition) is 2. The van der Waals surface area contributed by atoms with E-state index in [0.717, 1.165) is 12.1 Å². The molecular formula is C11H12F3N3O. The summed E-state index contributed by atoms with van der Waals surface area (Å²) in [6.45, 7) is 1.53. The second-order valence-corrected chi connectivity index (χ2v) is 4.04. The molecule has 0 unspecified atom stereocenters. The fourth-order valence-electron chi connectivity index (χ4n) is 1.91. The van der Waals surface area contributed by atoms with Crippen LogP contribution in [0.1, 0.15) is 0 Å². The minimum atomic E-state index is -1.48. The Hall–Kier alpha value is -1.92. The Bertz CT molecular complexity index is 450. The van der Waals surface area contributed by atoms with Crippen molar-refractivity contribution in [1.82, 2.24) is 4.90 Å². The zero-order chi connectivity index (χ0) is 13.3. The Balaban J connectivity index is 2.12. The molecule has 1 aromatic carbocycles. The summed E-state index contributed by atoms with van der Waals surface area (Å²) < 4.78 is 39.0. The fourth-order valence-corrected chi connectivity index (χ4v) is 1.91. The number of carbonyl (C=O) groups excluding carboxylic acids is 1. The first-order chi connectivity index (χ1) is 8.49. The van der Waals surface area contributed by atoms with Crippen LogP contribution in [0.2, 0.25) is 0 Å². The zero-order valence-electron chi connectivity index (χ0n) is 9.50. The molecule has 2 amide bonds. The number of piperazine rings is 1. The number of carbonyl (C=O) groups is 1. The Kier molecular flexibility index (Phi) is 3.31. The maximum atomic E-state index is 13.1. The first kappa shape index (κ1) is 12.5. The molecule has 0 aliphatic carbocycles. The van der Waals surface area contributed by atoms with E-state index in [1.165, 1.54) is 4.90 Å². The molecule has 1 heterocycles. The second kappa shape index (κ2) is 4.75. The highest BCUT2D eigenvalue weighted by molar-refractivity contribution is 5.72. The first-order valence-electron chi connectivity index (χ1n) is 5.43. The van der Waals surface area contributed by atoms with Gasteiger partial charge in [0.2, 0.25) is 0 Å². The van der Waals surface area contributed by atoms with Gasteiger partial charge in [-0.2, -0.15) is 0 Å². The average molecular weight is 259 g/mol. The number of rotatable bonds is 1. The normalized spacial score (nSPS) is 15.9. The molecule has 1 aliphatic rings. The molecule has 0 aromatic heterocycles. The summed E-state index contributed by atoms with van der Waals surface area (Å²) in [5, 5.41) is 0. The van der Waals surface area contributed by atoms with E-state index in [-0.39, 0.29) is 5.69 Å². The molecule has 7 heteroatoms.